The zero-order valence-corrected chi connectivity index (χ0v) is 14.6. The van der Waals surface area contributed by atoms with Crippen molar-refractivity contribution in [3.8, 4) is 0 Å². The normalized spacial score (nSPS) is 15.4. The van der Waals surface area contributed by atoms with Crippen LogP contribution < -0.4 is 5.32 Å². The number of carbonyl (C=O) groups excluding carboxylic acids is 1. The van der Waals surface area contributed by atoms with E-state index < -0.39 is 0 Å². The van der Waals surface area contributed by atoms with Gasteiger partial charge in [-0.15, -0.1) is 0 Å². The molecule has 0 unspecified atom stereocenters. The van der Waals surface area contributed by atoms with Crippen LogP contribution in [0.3, 0.4) is 0 Å². The second-order valence-electron chi connectivity index (χ2n) is 6.35. The molecule has 0 spiro atoms. The van der Waals surface area contributed by atoms with Crippen LogP contribution >= 0.6 is 0 Å². The van der Waals surface area contributed by atoms with Crippen molar-refractivity contribution in [1.29, 1.82) is 0 Å². The Morgan fingerprint density at radius 1 is 1.28 bits per heavy atom. The third kappa shape index (κ3) is 4.36. The topological polar surface area (TPSA) is 61.6 Å². The van der Waals surface area contributed by atoms with Crippen molar-refractivity contribution >= 4 is 6.03 Å². The fourth-order valence-corrected chi connectivity index (χ4v) is 3.00. The first-order valence-corrected chi connectivity index (χ1v) is 8.44. The van der Waals surface area contributed by atoms with Crippen LogP contribution in [-0.4, -0.2) is 47.2 Å². The smallest absolute Gasteiger partial charge is 0.317 e. The molecule has 1 aliphatic rings. The van der Waals surface area contributed by atoms with Gasteiger partial charge in [0.1, 0.15) is 11.6 Å². The van der Waals surface area contributed by atoms with Crippen LogP contribution in [0.15, 0.2) is 28.8 Å². The van der Waals surface area contributed by atoms with E-state index in [4.69, 9.17) is 4.52 Å². The van der Waals surface area contributed by atoms with Crippen molar-refractivity contribution < 1.29 is 13.7 Å². The highest BCUT2D eigenvalue weighted by Gasteiger charge is 2.22. The van der Waals surface area contributed by atoms with Gasteiger partial charge in [0, 0.05) is 44.8 Å². The first kappa shape index (κ1) is 17.4. The van der Waals surface area contributed by atoms with E-state index in [2.05, 4.69) is 15.4 Å². The monoisotopic (exact) mass is 346 g/mol. The lowest BCUT2D eigenvalue weighted by Gasteiger charge is -2.34. The summed E-state index contributed by atoms with van der Waals surface area (Å²) in [5.41, 5.74) is 2.81. The summed E-state index contributed by atoms with van der Waals surface area (Å²) in [6, 6.07) is 6.15. The van der Waals surface area contributed by atoms with E-state index in [1.807, 2.05) is 13.8 Å². The summed E-state index contributed by atoms with van der Waals surface area (Å²) >= 11 is 0. The lowest BCUT2D eigenvalue weighted by atomic mass is 10.2. The Morgan fingerprint density at radius 2 is 2.04 bits per heavy atom. The Hall–Kier alpha value is -2.41. The number of hydrogen-bond donors (Lipinski definition) is 1. The second kappa shape index (κ2) is 7.65. The zero-order chi connectivity index (χ0) is 17.8. The van der Waals surface area contributed by atoms with Crippen LogP contribution in [0.4, 0.5) is 9.18 Å². The molecule has 25 heavy (non-hydrogen) atoms. The molecule has 134 valence electrons. The Labute approximate surface area is 146 Å². The number of hydrogen-bond acceptors (Lipinski definition) is 4. The van der Waals surface area contributed by atoms with E-state index in [1.54, 1.807) is 17.0 Å². The number of halogens is 1. The van der Waals surface area contributed by atoms with Crippen molar-refractivity contribution in [2.24, 2.45) is 0 Å². The number of urea groups is 1. The third-order valence-electron chi connectivity index (χ3n) is 4.56. The van der Waals surface area contributed by atoms with Crippen LogP contribution in [0, 0.1) is 19.7 Å². The van der Waals surface area contributed by atoms with Gasteiger partial charge in [-0.1, -0.05) is 17.3 Å². The molecule has 0 saturated carbocycles. The third-order valence-corrected chi connectivity index (χ3v) is 4.56. The SMILES string of the molecule is Cc1noc(C)c1CN1CCN(C(=O)NCc2cccc(F)c2)CC1. The standard InChI is InChI=1S/C18H23FN4O2/c1-13-17(14(2)25-21-13)12-22-6-8-23(9-7-22)18(24)20-11-15-4-3-5-16(19)10-15/h3-5,10H,6-9,11-12H2,1-2H3,(H,20,24). The molecule has 1 fully saturated rings. The molecule has 1 N–H and O–H groups in total. The van der Waals surface area contributed by atoms with E-state index in [-0.39, 0.29) is 11.8 Å². The number of benzene rings is 1. The molecule has 1 saturated heterocycles. The molecule has 3 rings (SSSR count). The average Bonchev–Trinajstić information content (AvgIpc) is 2.92. The molecule has 6 nitrogen and oxygen atoms in total. The number of carbonyl (C=O) groups is 1. The van der Waals surface area contributed by atoms with Gasteiger partial charge in [-0.3, -0.25) is 4.90 Å². The highest BCUT2D eigenvalue weighted by atomic mass is 19.1. The summed E-state index contributed by atoms with van der Waals surface area (Å²) in [5.74, 6) is 0.562. The molecular weight excluding hydrogens is 323 g/mol. The lowest BCUT2D eigenvalue weighted by molar-refractivity contribution is 0.134. The second-order valence-corrected chi connectivity index (χ2v) is 6.35. The quantitative estimate of drug-likeness (QED) is 0.924. The maximum absolute atomic E-state index is 13.2. The number of rotatable bonds is 4. The van der Waals surface area contributed by atoms with Gasteiger partial charge >= 0.3 is 6.03 Å². The lowest BCUT2D eigenvalue weighted by Crippen LogP contribution is -2.51. The molecule has 1 aliphatic heterocycles. The van der Waals surface area contributed by atoms with Crippen molar-refractivity contribution in [2.75, 3.05) is 26.2 Å². The van der Waals surface area contributed by atoms with E-state index in [0.29, 0.717) is 19.6 Å². The van der Waals surface area contributed by atoms with E-state index in [0.717, 1.165) is 42.2 Å². The van der Waals surface area contributed by atoms with E-state index >= 15 is 0 Å². The van der Waals surface area contributed by atoms with Crippen molar-refractivity contribution in [1.82, 2.24) is 20.3 Å². The maximum Gasteiger partial charge on any atom is 0.317 e. The molecular formula is C18H23FN4O2. The summed E-state index contributed by atoms with van der Waals surface area (Å²) in [4.78, 5) is 16.4. The number of piperazine rings is 1. The Bertz CT molecular complexity index is 719. The van der Waals surface area contributed by atoms with E-state index in [1.165, 1.54) is 12.1 Å². The number of aromatic nitrogens is 1. The van der Waals surface area contributed by atoms with Gasteiger partial charge in [-0.25, -0.2) is 9.18 Å². The van der Waals surface area contributed by atoms with Crippen LogP contribution in [-0.2, 0) is 13.1 Å². The molecule has 0 atom stereocenters. The highest BCUT2D eigenvalue weighted by molar-refractivity contribution is 5.74. The number of nitrogens with zero attached hydrogens (tertiary/aromatic N) is 3. The molecule has 2 amide bonds. The van der Waals surface area contributed by atoms with Crippen LogP contribution in [0.25, 0.3) is 0 Å². The summed E-state index contributed by atoms with van der Waals surface area (Å²) in [5, 5.41) is 6.83. The molecule has 0 bridgehead atoms. The number of aryl methyl sites for hydroxylation is 2. The largest absolute Gasteiger partial charge is 0.361 e. The van der Waals surface area contributed by atoms with Gasteiger partial charge < -0.3 is 14.7 Å². The minimum atomic E-state index is -0.292. The average molecular weight is 346 g/mol. The molecule has 1 aromatic heterocycles. The molecule has 7 heteroatoms. The summed E-state index contributed by atoms with van der Waals surface area (Å²) in [7, 11) is 0. The van der Waals surface area contributed by atoms with Crippen molar-refractivity contribution in [2.45, 2.75) is 26.9 Å². The predicted octanol–water partition coefficient (Wildman–Crippen LogP) is 2.46. The Morgan fingerprint density at radius 3 is 2.68 bits per heavy atom. The minimum Gasteiger partial charge on any atom is -0.361 e. The van der Waals surface area contributed by atoms with Crippen LogP contribution in [0.1, 0.15) is 22.6 Å². The van der Waals surface area contributed by atoms with Gasteiger partial charge in [-0.05, 0) is 31.5 Å². The number of amides is 2. The van der Waals surface area contributed by atoms with Gasteiger partial charge in [0.05, 0.1) is 5.69 Å². The van der Waals surface area contributed by atoms with Gasteiger partial charge in [0.2, 0.25) is 0 Å². The van der Waals surface area contributed by atoms with E-state index in [9.17, 15) is 9.18 Å². The first-order chi connectivity index (χ1) is 12.0. The minimum absolute atomic E-state index is 0.110. The first-order valence-electron chi connectivity index (χ1n) is 8.44. The highest BCUT2D eigenvalue weighted by Crippen LogP contribution is 2.16. The molecule has 0 radical (unpaired) electrons. The summed E-state index contributed by atoms with van der Waals surface area (Å²) < 4.78 is 18.4. The van der Waals surface area contributed by atoms with Gasteiger partial charge in [0.25, 0.3) is 0 Å². The summed E-state index contributed by atoms with van der Waals surface area (Å²) in [6.07, 6.45) is 0. The number of nitrogens with one attached hydrogen (secondary N) is 1. The van der Waals surface area contributed by atoms with Crippen molar-refractivity contribution in [3.05, 3.63) is 52.7 Å². The summed E-state index contributed by atoms with van der Waals surface area (Å²) in [6.45, 7) is 7.93. The molecule has 2 aromatic rings. The maximum atomic E-state index is 13.2. The van der Waals surface area contributed by atoms with Gasteiger partial charge in [0.15, 0.2) is 0 Å². The molecule has 1 aromatic carbocycles. The molecule has 0 aliphatic carbocycles. The van der Waals surface area contributed by atoms with Gasteiger partial charge in [-0.2, -0.15) is 0 Å². The fourth-order valence-electron chi connectivity index (χ4n) is 3.00. The van der Waals surface area contributed by atoms with Crippen molar-refractivity contribution in [3.63, 3.8) is 0 Å². The Balaban J connectivity index is 1.46. The van der Waals surface area contributed by atoms with Crippen LogP contribution in [0.2, 0.25) is 0 Å². The Kier molecular flexibility index (Phi) is 5.33. The molecule has 2 heterocycles. The fraction of sp³-hybridized carbons (Fsp3) is 0.444. The predicted molar refractivity (Wildman–Crippen MR) is 91.5 cm³/mol. The van der Waals surface area contributed by atoms with Crippen LogP contribution in [0.5, 0.6) is 0 Å². The zero-order valence-electron chi connectivity index (χ0n) is 14.6.